The molecule has 0 aliphatic carbocycles. The Hall–Kier alpha value is -4.46. The van der Waals surface area contributed by atoms with Crippen LogP contribution in [0.5, 0.6) is 17.2 Å². The van der Waals surface area contributed by atoms with Gasteiger partial charge in [0.15, 0.2) is 9.84 Å². The summed E-state index contributed by atoms with van der Waals surface area (Å²) in [6.07, 6.45) is 1.53. The van der Waals surface area contributed by atoms with Crippen molar-refractivity contribution in [2.45, 2.75) is 57.4 Å². The molecule has 0 aromatic heterocycles. The summed E-state index contributed by atoms with van der Waals surface area (Å²) in [4.78, 5) is 39.6. The zero-order valence-corrected chi connectivity index (χ0v) is 29.4. The van der Waals surface area contributed by atoms with E-state index in [1.807, 2.05) is 50.2 Å². The Labute approximate surface area is 287 Å². The van der Waals surface area contributed by atoms with Gasteiger partial charge in [-0.05, 0) is 59.9 Å². The molecule has 1 saturated heterocycles. The molecule has 2 aliphatic rings. The smallest absolute Gasteiger partial charge is 0.300 e. The van der Waals surface area contributed by atoms with Crippen LogP contribution in [0.4, 0.5) is 0 Å². The molecule has 2 amide bonds. The number of nitrogens with zero attached hydrogens (tertiary/aromatic N) is 2. The number of carbonyl (C=O) groups excluding carboxylic acids is 2. The monoisotopic (exact) mass is 695 g/mol. The number of ether oxygens (including phenoxy) is 3. The maximum Gasteiger partial charge on any atom is 0.300 e. The maximum absolute atomic E-state index is 13.5. The third-order valence-electron chi connectivity index (χ3n) is 7.78. The largest absolute Gasteiger partial charge is 0.493 e. The summed E-state index contributed by atoms with van der Waals surface area (Å²) >= 11 is 0. The number of likely N-dealkylation sites (tertiary alicyclic amines) is 1. The molecule has 4 bridgehead atoms. The fraction of sp³-hybridized carbons (Fsp3) is 0.417. The molecule has 3 aromatic rings. The summed E-state index contributed by atoms with van der Waals surface area (Å²) in [7, 11) is -1.67. The maximum atomic E-state index is 13.5. The molecular formula is C36H45N3O9S. The number of carboxylic acids is 1. The number of sulfone groups is 1. The van der Waals surface area contributed by atoms with Crippen molar-refractivity contribution < 1.29 is 42.1 Å². The second kappa shape index (κ2) is 16.8. The third-order valence-corrected chi connectivity index (χ3v) is 8.91. The number of carboxylic acid groups (broad SMARTS) is 1. The lowest BCUT2D eigenvalue weighted by Gasteiger charge is -2.39. The van der Waals surface area contributed by atoms with Crippen LogP contribution in [0.3, 0.4) is 0 Å². The number of carbonyl (C=O) groups is 3. The Kier molecular flexibility index (Phi) is 12.8. The molecule has 12 nitrogen and oxygen atoms in total. The van der Waals surface area contributed by atoms with Crippen molar-refractivity contribution in [3.8, 4) is 17.2 Å². The van der Waals surface area contributed by atoms with Crippen LogP contribution in [0, 0.1) is 5.92 Å². The van der Waals surface area contributed by atoms with Crippen molar-refractivity contribution in [1.29, 1.82) is 0 Å². The van der Waals surface area contributed by atoms with Crippen LogP contribution in [0.1, 0.15) is 48.7 Å². The number of likely N-dealkylation sites (N-methyl/N-ethyl adjacent to an activating group) is 1. The number of hydrogen-bond acceptors (Lipinski definition) is 9. The molecule has 3 aromatic carbocycles. The minimum Gasteiger partial charge on any atom is -0.493 e. The third kappa shape index (κ3) is 11.6. The van der Waals surface area contributed by atoms with E-state index in [4.69, 9.17) is 24.1 Å². The van der Waals surface area contributed by atoms with Gasteiger partial charge in [0.2, 0.25) is 5.91 Å². The Balaban J connectivity index is 0.00000128. The van der Waals surface area contributed by atoms with E-state index in [0.717, 1.165) is 18.1 Å². The second-order valence-corrected chi connectivity index (χ2v) is 14.8. The van der Waals surface area contributed by atoms with Gasteiger partial charge in [0, 0.05) is 51.5 Å². The summed E-state index contributed by atoms with van der Waals surface area (Å²) < 4.78 is 42.3. The number of nitrogens with one attached hydrogen (secondary N) is 1. The van der Waals surface area contributed by atoms with E-state index in [-0.39, 0.29) is 35.4 Å². The molecule has 0 radical (unpaired) electrons. The predicted molar refractivity (Wildman–Crippen MR) is 184 cm³/mol. The number of benzene rings is 3. The van der Waals surface area contributed by atoms with Crippen LogP contribution >= 0.6 is 0 Å². The lowest BCUT2D eigenvalue weighted by molar-refractivity contribution is -0.134. The molecule has 0 spiro atoms. The number of amides is 2. The van der Waals surface area contributed by atoms with E-state index < -0.39 is 15.8 Å². The Morgan fingerprint density at radius 3 is 2.45 bits per heavy atom. The summed E-state index contributed by atoms with van der Waals surface area (Å²) in [6.45, 7) is 7.74. The van der Waals surface area contributed by atoms with Crippen molar-refractivity contribution >= 4 is 27.6 Å². The SMILES string of the molecule is CC(=O)O.CC(C)COc1cc2cc(c1)C(=O)N(C)CC(=O)N[C@H]1CCN(Cc3ccc(S(C)(=O)=O)cc3)C[C@@H]1OCc1cccc(c1)O2. The first-order valence-electron chi connectivity index (χ1n) is 16.1. The Bertz CT molecular complexity index is 1720. The van der Waals surface area contributed by atoms with Crippen molar-refractivity contribution in [1.82, 2.24) is 15.1 Å². The fourth-order valence-corrected chi connectivity index (χ4v) is 6.09. The minimum atomic E-state index is -3.27. The van der Waals surface area contributed by atoms with Gasteiger partial charge in [-0.2, -0.15) is 0 Å². The summed E-state index contributed by atoms with van der Waals surface area (Å²) in [6, 6.07) is 19.4. The molecule has 2 heterocycles. The minimum absolute atomic E-state index is 0.120. The molecule has 2 atom stereocenters. The van der Waals surface area contributed by atoms with E-state index in [1.165, 1.54) is 11.2 Å². The summed E-state index contributed by atoms with van der Waals surface area (Å²) in [5, 5.41) is 10.5. The van der Waals surface area contributed by atoms with Crippen molar-refractivity contribution in [2.24, 2.45) is 5.92 Å². The van der Waals surface area contributed by atoms with Crippen molar-refractivity contribution in [3.63, 3.8) is 0 Å². The van der Waals surface area contributed by atoms with Crippen LogP contribution in [-0.2, 0) is 37.3 Å². The van der Waals surface area contributed by atoms with Crippen LogP contribution < -0.4 is 14.8 Å². The van der Waals surface area contributed by atoms with Gasteiger partial charge < -0.3 is 29.5 Å². The van der Waals surface area contributed by atoms with E-state index in [9.17, 15) is 18.0 Å². The van der Waals surface area contributed by atoms with Gasteiger partial charge in [0.25, 0.3) is 11.9 Å². The quantitative estimate of drug-likeness (QED) is 0.381. The highest BCUT2D eigenvalue weighted by atomic mass is 32.2. The first-order chi connectivity index (χ1) is 23.2. The first-order valence-corrected chi connectivity index (χ1v) is 18.0. The normalized spacial score (nSPS) is 18.8. The van der Waals surface area contributed by atoms with E-state index in [0.29, 0.717) is 68.0 Å². The van der Waals surface area contributed by atoms with Gasteiger partial charge in [-0.3, -0.25) is 19.3 Å². The van der Waals surface area contributed by atoms with Crippen LogP contribution in [0.2, 0.25) is 0 Å². The molecule has 13 heteroatoms. The van der Waals surface area contributed by atoms with Gasteiger partial charge in [-0.25, -0.2) is 8.42 Å². The van der Waals surface area contributed by atoms with E-state index >= 15 is 0 Å². The van der Waals surface area contributed by atoms with Crippen LogP contribution in [0.25, 0.3) is 0 Å². The molecule has 5 rings (SSSR count). The molecule has 49 heavy (non-hydrogen) atoms. The van der Waals surface area contributed by atoms with Crippen molar-refractivity contribution in [3.05, 3.63) is 83.4 Å². The van der Waals surface area contributed by atoms with Gasteiger partial charge in [0.05, 0.1) is 36.8 Å². The summed E-state index contributed by atoms with van der Waals surface area (Å²) in [5.74, 6) is 0.441. The number of hydrogen-bond donors (Lipinski definition) is 2. The molecule has 2 N–H and O–H groups in total. The Morgan fingerprint density at radius 2 is 1.78 bits per heavy atom. The summed E-state index contributed by atoms with van der Waals surface area (Å²) in [5.41, 5.74) is 2.26. The molecule has 0 saturated carbocycles. The first kappa shape index (κ1) is 37.4. The lowest BCUT2D eigenvalue weighted by atomic mass is 10.0. The topological polar surface area (TPSA) is 152 Å². The zero-order chi connectivity index (χ0) is 35.7. The number of piperidine rings is 1. The van der Waals surface area contributed by atoms with Gasteiger partial charge in [-0.1, -0.05) is 38.1 Å². The average molecular weight is 696 g/mol. The zero-order valence-electron chi connectivity index (χ0n) is 28.5. The number of rotatable bonds is 6. The molecule has 1 fully saturated rings. The predicted octanol–water partition coefficient (Wildman–Crippen LogP) is 4.37. The van der Waals surface area contributed by atoms with Gasteiger partial charge in [0.1, 0.15) is 17.2 Å². The standard InChI is InChI=1S/C34H41N3O7S.C2H4O2/c1-23(2)21-42-28-15-26-16-29(17-28)44-27-7-5-6-25(14-27)22-43-32-19-37(18-24-8-10-30(11-9-24)45(4,40)41)13-12-31(32)35-33(38)20-36(3)34(26)39;1-2(3)4/h5-11,14-17,23,31-32H,12-13,18-22H2,1-4H3,(H,35,38);1H3,(H,3,4)/t31-,32-;/m0./s1. The molecular weight excluding hydrogens is 650 g/mol. The van der Waals surface area contributed by atoms with Gasteiger partial charge >= 0.3 is 0 Å². The number of fused-ring (bicyclic) bond motifs is 5. The highest BCUT2D eigenvalue weighted by molar-refractivity contribution is 7.90. The van der Waals surface area contributed by atoms with Gasteiger partial charge in [-0.15, -0.1) is 0 Å². The second-order valence-electron chi connectivity index (χ2n) is 12.8. The fourth-order valence-electron chi connectivity index (χ4n) is 5.46. The molecule has 0 unspecified atom stereocenters. The lowest BCUT2D eigenvalue weighted by Crippen LogP contribution is -2.56. The van der Waals surface area contributed by atoms with Crippen molar-refractivity contribution in [2.75, 3.05) is 39.5 Å². The molecule has 2 aliphatic heterocycles. The number of aliphatic carboxylic acids is 1. The van der Waals surface area contributed by atoms with E-state index in [1.54, 1.807) is 37.4 Å². The average Bonchev–Trinajstić information content (AvgIpc) is 3.02. The molecule has 264 valence electrons. The van der Waals surface area contributed by atoms with Crippen LogP contribution in [-0.4, -0.2) is 92.8 Å². The van der Waals surface area contributed by atoms with Crippen LogP contribution in [0.15, 0.2) is 71.6 Å². The highest BCUT2D eigenvalue weighted by Crippen LogP contribution is 2.30. The highest BCUT2D eigenvalue weighted by Gasteiger charge is 2.32. The van der Waals surface area contributed by atoms with E-state index in [2.05, 4.69) is 10.2 Å². The Morgan fingerprint density at radius 1 is 1.06 bits per heavy atom.